The van der Waals surface area contributed by atoms with Crippen molar-refractivity contribution in [2.75, 3.05) is 13.2 Å². The van der Waals surface area contributed by atoms with Crippen LogP contribution in [0.5, 0.6) is 6.08 Å². The van der Waals surface area contributed by atoms with Crippen LogP contribution >= 0.6 is 0 Å². The van der Waals surface area contributed by atoms with Crippen molar-refractivity contribution < 1.29 is 9.15 Å². The highest BCUT2D eigenvalue weighted by Gasteiger charge is 2.04. The van der Waals surface area contributed by atoms with Gasteiger partial charge in [0.1, 0.15) is 6.26 Å². The van der Waals surface area contributed by atoms with Gasteiger partial charge in [-0.1, -0.05) is 46.5 Å². The maximum atomic E-state index is 5.49. The van der Waals surface area contributed by atoms with Gasteiger partial charge in [0.15, 0.2) is 0 Å². The van der Waals surface area contributed by atoms with E-state index in [0.29, 0.717) is 18.6 Å². The van der Waals surface area contributed by atoms with Crippen LogP contribution in [0.3, 0.4) is 0 Å². The number of hydrogen-bond donors (Lipinski definition) is 1. The molecule has 0 radical (unpaired) electrons. The van der Waals surface area contributed by atoms with Crippen LogP contribution in [0.1, 0.15) is 58.6 Å². The van der Waals surface area contributed by atoms with Crippen LogP contribution in [0.15, 0.2) is 10.7 Å². The fraction of sp³-hybridized carbons (Fsp3) is 0.800. The Labute approximate surface area is 116 Å². The Morgan fingerprint density at radius 2 is 2.05 bits per heavy atom. The highest BCUT2D eigenvalue weighted by molar-refractivity contribution is 4.99. The SMILES string of the molecule is CCCCCCCOc1nc(CNCC(C)C)co1. The van der Waals surface area contributed by atoms with E-state index in [0.717, 1.165) is 25.2 Å². The molecule has 0 saturated carbocycles. The topological polar surface area (TPSA) is 47.3 Å². The number of oxazole rings is 1. The summed E-state index contributed by atoms with van der Waals surface area (Å²) in [6.45, 7) is 9.01. The third-order valence-electron chi connectivity index (χ3n) is 2.86. The van der Waals surface area contributed by atoms with Crippen LogP contribution < -0.4 is 10.1 Å². The van der Waals surface area contributed by atoms with Gasteiger partial charge < -0.3 is 14.5 Å². The molecule has 4 heteroatoms. The third-order valence-corrected chi connectivity index (χ3v) is 2.86. The number of aromatic nitrogens is 1. The van der Waals surface area contributed by atoms with E-state index in [2.05, 4.69) is 31.1 Å². The van der Waals surface area contributed by atoms with E-state index in [4.69, 9.17) is 9.15 Å². The lowest BCUT2D eigenvalue weighted by molar-refractivity contribution is 0.224. The normalized spacial score (nSPS) is 11.2. The second kappa shape index (κ2) is 9.84. The van der Waals surface area contributed by atoms with Crippen LogP contribution in [0.4, 0.5) is 0 Å². The summed E-state index contributed by atoms with van der Waals surface area (Å²) >= 11 is 0. The molecule has 0 spiro atoms. The van der Waals surface area contributed by atoms with E-state index >= 15 is 0 Å². The number of unbranched alkanes of at least 4 members (excludes halogenated alkanes) is 4. The number of rotatable bonds is 11. The molecule has 0 aliphatic heterocycles. The summed E-state index contributed by atoms with van der Waals surface area (Å²) in [6, 6.07) is 0. The van der Waals surface area contributed by atoms with Gasteiger partial charge in [-0.15, -0.1) is 0 Å². The second-order valence-electron chi connectivity index (χ2n) is 5.39. The lowest BCUT2D eigenvalue weighted by atomic mass is 10.2. The van der Waals surface area contributed by atoms with Crippen molar-refractivity contribution in [3.05, 3.63) is 12.0 Å². The van der Waals surface area contributed by atoms with Gasteiger partial charge in [0, 0.05) is 6.54 Å². The first-order chi connectivity index (χ1) is 9.22. The van der Waals surface area contributed by atoms with E-state index in [1.807, 2.05) is 0 Å². The lowest BCUT2D eigenvalue weighted by Crippen LogP contribution is -2.19. The zero-order valence-electron chi connectivity index (χ0n) is 12.6. The first-order valence-corrected chi connectivity index (χ1v) is 7.50. The van der Waals surface area contributed by atoms with Crippen molar-refractivity contribution in [2.45, 2.75) is 59.4 Å². The average molecular weight is 268 g/mol. The van der Waals surface area contributed by atoms with Gasteiger partial charge >= 0.3 is 6.08 Å². The molecule has 0 saturated heterocycles. The summed E-state index contributed by atoms with van der Waals surface area (Å²) in [6.07, 6.45) is 8.23. The molecule has 4 nitrogen and oxygen atoms in total. The Bertz CT molecular complexity index is 324. The molecule has 110 valence electrons. The van der Waals surface area contributed by atoms with Gasteiger partial charge in [-0.2, -0.15) is 4.98 Å². The highest BCUT2D eigenvalue weighted by Crippen LogP contribution is 2.11. The van der Waals surface area contributed by atoms with Gasteiger partial charge in [-0.3, -0.25) is 0 Å². The maximum Gasteiger partial charge on any atom is 0.393 e. The van der Waals surface area contributed by atoms with Crippen LogP contribution in [-0.4, -0.2) is 18.1 Å². The van der Waals surface area contributed by atoms with Crippen molar-refractivity contribution in [3.63, 3.8) is 0 Å². The predicted octanol–water partition coefficient (Wildman–Crippen LogP) is 3.77. The number of nitrogens with zero attached hydrogens (tertiary/aromatic N) is 1. The average Bonchev–Trinajstić information content (AvgIpc) is 2.81. The molecule has 0 amide bonds. The first kappa shape index (κ1) is 16.0. The molecule has 0 aromatic carbocycles. The molecular formula is C15H28N2O2. The summed E-state index contributed by atoms with van der Waals surface area (Å²) in [5, 5.41) is 3.33. The number of hydrogen-bond acceptors (Lipinski definition) is 4. The van der Waals surface area contributed by atoms with E-state index < -0.39 is 0 Å². The minimum Gasteiger partial charge on any atom is -0.450 e. The molecule has 0 aliphatic carbocycles. The molecule has 0 atom stereocenters. The minimum absolute atomic E-state index is 0.400. The Morgan fingerprint density at radius 1 is 1.26 bits per heavy atom. The van der Waals surface area contributed by atoms with Crippen molar-refractivity contribution in [1.29, 1.82) is 0 Å². The third kappa shape index (κ3) is 7.88. The van der Waals surface area contributed by atoms with Crippen LogP contribution in [-0.2, 0) is 6.54 Å². The standard InChI is InChI=1S/C15H28N2O2/c1-4-5-6-7-8-9-18-15-17-14(12-19-15)11-16-10-13(2)3/h12-13,16H,4-11H2,1-3H3. The van der Waals surface area contributed by atoms with Gasteiger partial charge in [0.2, 0.25) is 0 Å². The Hall–Kier alpha value is -1.03. The first-order valence-electron chi connectivity index (χ1n) is 7.50. The van der Waals surface area contributed by atoms with Gasteiger partial charge in [0.25, 0.3) is 0 Å². The monoisotopic (exact) mass is 268 g/mol. The van der Waals surface area contributed by atoms with E-state index in [-0.39, 0.29) is 0 Å². The summed E-state index contributed by atoms with van der Waals surface area (Å²) < 4.78 is 10.8. The highest BCUT2D eigenvalue weighted by atomic mass is 16.6. The summed E-state index contributed by atoms with van der Waals surface area (Å²) in [5.74, 6) is 0.644. The fourth-order valence-electron chi connectivity index (χ4n) is 1.79. The minimum atomic E-state index is 0.400. The van der Waals surface area contributed by atoms with Gasteiger partial charge in [-0.05, 0) is 18.9 Å². The Balaban J connectivity index is 2.09. The fourth-order valence-corrected chi connectivity index (χ4v) is 1.79. The van der Waals surface area contributed by atoms with Gasteiger partial charge in [0.05, 0.1) is 12.3 Å². The van der Waals surface area contributed by atoms with E-state index in [9.17, 15) is 0 Å². The van der Waals surface area contributed by atoms with Crippen molar-refractivity contribution in [1.82, 2.24) is 10.3 Å². The lowest BCUT2D eigenvalue weighted by Gasteiger charge is -2.04. The van der Waals surface area contributed by atoms with E-state index in [1.165, 1.54) is 25.7 Å². The van der Waals surface area contributed by atoms with Gasteiger partial charge in [-0.25, -0.2) is 0 Å². The second-order valence-corrected chi connectivity index (χ2v) is 5.39. The molecule has 0 fully saturated rings. The number of nitrogens with one attached hydrogen (secondary N) is 1. The molecule has 1 aromatic heterocycles. The zero-order chi connectivity index (χ0) is 13.9. The van der Waals surface area contributed by atoms with Crippen molar-refractivity contribution >= 4 is 0 Å². The quantitative estimate of drug-likeness (QED) is 0.621. The molecule has 1 N–H and O–H groups in total. The molecule has 0 aliphatic rings. The summed E-state index contributed by atoms with van der Waals surface area (Å²) in [7, 11) is 0. The Kier molecular flexibility index (Phi) is 8.30. The number of ether oxygens (including phenoxy) is 1. The molecule has 1 aromatic rings. The molecular weight excluding hydrogens is 240 g/mol. The van der Waals surface area contributed by atoms with Crippen molar-refractivity contribution in [3.8, 4) is 6.08 Å². The molecule has 0 bridgehead atoms. The van der Waals surface area contributed by atoms with E-state index in [1.54, 1.807) is 6.26 Å². The predicted molar refractivity (Wildman–Crippen MR) is 77.3 cm³/mol. The smallest absolute Gasteiger partial charge is 0.393 e. The van der Waals surface area contributed by atoms with Crippen molar-refractivity contribution in [2.24, 2.45) is 5.92 Å². The van der Waals surface area contributed by atoms with Crippen LogP contribution in [0.25, 0.3) is 0 Å². The summed E-state index contributed by atoms with van der Waals surface area (Å²) in [5.41, 5.74) is 0.904. The van der Waals surface area contributed by atoms with Crippen LogP contribution in [0.2, 0.25) is 0 Å². The maximum absolute atomic E-state index is 5.49. The largest absolute Gasteiger partial charge is 0.450 e. The Morgan fingerprint density at radius 3 is 2.79 bits per heavy atom. The zero-order valence-corrected chi connectivity index (χ0v) is 12.6. The molecule has 0 unspecified atom stereocenters. The molecule has 1 heterocycles. The molecule has 19 heavy (non-hydrogen) atoms. The van der Waals surface area contributed by atoms with Crippen LogP contribution in [0, 0.1) is 5.92 Å². The molecule has 1 rings (SSSR count). The summed E-state index contributed by atoms with van der Waals surface area (Å²) in [4.78, 5) is 4.29.